The molecule has 0 aliphatic rings. The third kappa shape index (κ3) is 4.37. The molecule has 0 bridgehead atoms. The van der Waals surface area contributed by atoms with E-state index in [1.165, 1.54) is 36.8 Å². The van der Waals surface area contributed by atoms with Gasteiger partial charge < -0.3 is 0 Å². The molecular weight excluding hydrogens is 356 g/mol. The largest absolute Gasteiger partial charge is 0.288 e. The number of hydrogen-bond donors (Lipinski definition) is 2. The quantitative estimate of drug-likeness (QED) is 0.495. The number of hydrazone groups is 1. The van der Waals surface area contributed by atoms with Gasteiger partial charge in [-0.3, -0.25) is 14.8 Å². The number of rotatable bonds is 4. The molecule has 2 rings (SSSR count). The van der Waals surface area contributed by atoms with Crippen LogP contribution in [0, 0.1) is 11.6 Å². The highest BCUT2D eigenvalue weighted by Crippen LogP contribution is 2.16. The fraction of sp³-hybridized carbons (Fsp3) is 0.0625. The average molecular weight is 368 g/mol. The van der Waals surface area contributed by atoms with Crippen molar-refractivity contribution in [2.75, 3.05) is 7.05 Å². The van der Waals surface area contributed by atoms with Gasteiger partial charge in [0, 0.05) is 23.2 Å². The average Bonchev–Trinajstić information content (AvgIpc) is 2.59. The molecule has 0 saturated carbocycles. The van der Waals surface area contributed by atoms with Crippen molar-refractivity contribution in [2.45, 2.75) is 0 Å². The van der Waals surface area contributed by atoms with E-state index >= 15 is 0 Å². The van der Waals surface area contributed by atoms with Crippen LogP contribution < -0.4 is 5.48 Å². The summed E-state index contributed by atoms with van der Waals surface area (Å²) in [6.07, 6.45) is 1.04. The third-order valence-corrected chi connectivity index (χ3v) is 3.42. The van der Waals surface area contributed by atoms with Crippen LogP contribution in [0.5, 0.6) is 0 Å². The minimum absolute atomic E-state index is 0.00859. The van der Waals surface area contributed by atoms with Gasteiger partial charge in [0.25, 0.3) is 11.8 Å². The Kier molecular flexibility index (Phi) is 5.79. The maximum absolute atomic E-state index is 13.9. The number of nitrogens with one attached hydrogen (secondary N) is 1. The third-order valence-electron chi connectivity index (χ3n) is 3.19. The smallest absolute Gasteiger partial charge is 0.276 e. The van der Waals surface area contributed by atoms with Crippen molar-refractivity contribution in [1.29, 1.82) is 0 Å². The second kappa shape index (κ2) is 7.82. The van der Waals surface area contributed by atoms with Gasteiger partial charge >= 0.3 is 0 Å². The van der Waals surface area contributed by atoms with Gasteiger partial charge in [0.2, 0.25) is 0 Å². The van der Waals surface area contributed by atoms with Crippen molar-refractivity contribution in [3.63, 3.8) is 0 Å². The standard InChI is InChI=1S/C16H12ClF2N3O3/c1-22(16(24)12-5-4-11(17)7-14(12)19)20-8-10-3-2-9(6-13(10)18)15(23)21-25/h2-8,25H,1H3,(H,21,23)/b20-8+. The van der Waals surface area contributed by atoms with E-state index in [0.29, 0.717) is 0 Å². The SMILES string of the molecule is CN(/N=C/c1ccc(C(=O)NO)cc1F)C(=O)c1ccc(Cl)cc1F. The highest BCUT2D eigenvalue weighted by Gasteiger charge is 2.16. The summed E-state index contributed by atoms with van der Waals surface area (Å²) < 4.78 is 27.6. The number of carbonyl (C=O) groups is 2. The second-order valence-electron chi connectivity index (χ2n) is 4.87. The van der Waals surface area contributed by atoms with Gasteiger partial charge in [0.05, 0.1) is 11.8 Å². The summed E-state index contributed by atoms with van der Waals surface area (Å²) in [5.41, 5.74) is 1.05. The zero-order valence-corrected chi connectivity index (χ0v) is 13.6. The van der Waals surface area contributed by atoms with E-state index in [1.54, 1.807) is 0 Å². The highest BCUT2D eigenvalue weighted by molar-refractivity contribution is 6.30. The van der Waals surface area contributed by atoms with Crippen LogP contribution in [-0.4, -0.2) is 35.3 Å². The minimum atomic E-state index is -0.868. The Morgan fingerprint density at radius 1 is 1.20 bits per heavy atom. The first-order chi connectivity index (χ1) is 11.8. The van der Waals surface area contributed by atoms with Gasteiger partial charge in [-0.25, -0.2) is 19.3 Å². The lowest BCUT2D eigenvalue weighted by atomic mass is 10.1. The fourth-order valence-corrected chi connectivity index (χ4v) is 2.03. The van der Waals surface area contributed by atoms with E-state index in [9.17, 15) is 18.4 Å². The Hall–Kier alpha value is -2.84. The van der Waals surface area contributed by atoms with E-state index in [2.05, 4.69) is 5.10 Å². The van der Waals surface area contributed by atoms with E-state index < -0.39 is 23.4 Å². The number of carbonyl (C=O) groups excluding carboxylic acids is 2. The van der Waals surface area contributed by atoms with Gasteiger partial charge in [-0.05, 0) is 36.4 Å². The lowest BCUT2D eigenvalue weighted by molar-refractivity contribution is 0.0705. The molecule has 0 aliphatic carbocycles. The molecule has 2 aromatic carbocycles. The molecule has 0 radical (unpaired) electrons. The number of hydrogen-bond acceptors (Lipinski definition) is 4. The topological polar surface area (TPSA) is 82.0 Å². The summed E-state index contributed by atoms with van der Waals surface area (Å²) in [5.74, 6) is -3.21. The van der Waals surface area contributed by atoms with E-state index in [1.807, 2.05) is 0 Å². The van der Waals surface area contributed by atoms with Crippen LogP contribution in [-0.2, 0) is 0 Å². The molecule has 6 nitrogen and oxygen atoms in total. The molecule has 0 atom stereocenters. The van der Waals surface area contributed by atoms with Crippen LogP contribution in [0.1, 0.15) is 26.3 Å². The molecule has 2 N–H and O–H groups in total. The van der Waals surface area contributed by atoms with Crippen LogP contribution in [0.3, 0.4) is 0 Å². The maximum Gasteiger partial charge on any atom is 0.276 e. The summed E-state index contributed by atoms with van der Waals surface area (Å²) in [6, 6.07) is 6.97. The normalized spacial score (nSPS) is 10.8. The first-order valence-electron chi connectivity index (χ1n) is 6.84. The van der Waals surface area contributed by atoms with Crippen LogP contribution in [0.15, 0.2) is 41.5 Å². The number of amides is 2. The van der Waals surface area contributed by atoms with Crippen molar-refractivity contribution in [2.24, 2.45) is 5.10 Å². The van der Waals surface area contributed by atoms with Gasteiger partial charge in [-0.2, -0.15) is 5.10 Å². The summed E-state index contributed by atoms with van der Waals surface area (Å²) >= 11 is 5.63. The van der Waals surface area contributed by atoms with Gasteiger partial charge in [0.15, 0.2) is 0 Å². The van der Waals surface area contributed by atoms with Crippen molar-refractivity contribution < 1.29 is 23.6 Å². The zero-order chi connectivity index (χ0) is 18.6. The molecule has 0 saturated heterocycles. The summed E-state index contributed by atoms with van der Waals surface area (Å²) in [5, 5.41) is 13.2. The molecule has 0 aliphatic heterocycles. The van der Waals surface area contributed by atoms with Crippen molar-refractivity contribution >= 4 is 29.6 Å². The Labute approximate surface area is 146 Å². The number of hydroxylamine groups is 1. The van der Waals surface area contributed by atoms with Crippen LogP contribution in [0.4, 0.5) is 8.78 Å². The van der Waals surface area contributed by atoms with Gasteiger partial charge in [-0.15, -0.1) is 0 Å². The Bertz CT molecular complexity index is 859. The first-order valence-corrected chi connectivity index (χ1v) is 7.22. The lowest BCUT2D eigenvalue weighted by Gasteiger charge is -2.11. The lowest BCUT2D eigenvalue weighted by Crippen LogP contribution is -2.22. The van der Waals surface area contributed by atoms with Gasteiger partial charge in [-0.1, -0.05) is 11.6 Å². The molecule has 25 heavy (non-hydrogen) atoms. The van der Waals surface area contributed by atoms with Crippen molar-refractivity contribution in [3.8, 4) is 0 Å². The molecule has 130 valence electrons. The molecule has 0 aromatic heterocycles. The summed E-state index contributed by atoms with van der Waals surface area (Å²) in [4.78, 5) is 23.3. The molecule has 2 amide bonds. The predicted octanol–water partition coefficient (Wildman–Crippen LogP) is 2.84. The molecule has 2 aromatic rings. The van der Waals surface area contributed by atoms with Crippen molar-refractivity contribution in [3.05, 3.63) is 69.7 Å². The van der Waals surface area contributed by atoms with Crippen LogP contribution >= 0.6 is 11.6 Å². The molecule has 0 heterocycles. The molecule has 0 fully saturated rings. The number of benzene rings is 2. The van der Waals surface area contributed by atoms with E-state index in [4.69, 9.17) is 16.8 Å². The number of halogens is 3. The first kappa shape index (κ1) is 18.5. The fourth-order valence-electron chi connectivity index (χ4n) is 1.88. The molecular formula is C16H12ClF2N3O3. The van der Waals surface area contributed by atoms with E-state index in [0.717, 1.165) is 23.4 Å². The molecule has 9 heteroatoms. The Morgan fingerprint density at radius 3 is 2.52 bits per heavy atom. The van der Waals surface area contributed by atoms with E-state index in [-0.39, 0.29) is 21.7 Å². The van der Waals surface area contributed by atoms with Gasteiger partial charge in [0.1, 0.15) is 11.6 Å². The van der Waals surface area contributed by atoms with Crippen LogP contribution in [0.25, 0.3) is 0 Å². The Balaban J connectivity index is 2.18. The maximum atomic E-state index is 13.9. The highest BCUT2D eigenvalue weighted by atomic mass is 35.5. The molecule has 0 unspecified atom stereocenters. The summed E-state index contributed by atoms with van der Waals surface area (Å²) in [6.45, 7) is 0. The van der Waals surface area contributed by atoms with Crippen molar-refractivity contribution in [1.82, 2.24) is 10.5 Å². The van der Waals surface area contributed by atoms with Crippen LogP contribution in [0.2, 0.25) is 5.02 Å². The monoisotopic (exact) mass is 367 g/mol. The predicted molar refractivity (Wildman–Crippen MR) is 86.8 cm³/mol. The Morgan fingerprint density at radius 2 is 1.92 bits per heavy atom. The second-order valence-corrected chi connectivity index (χ2v) is 5.31. The molecule has 0 spiro atoms. The minimum Gasteiger partial charge on any atom is -0.288 e. The summed E-state index contributed by atoms with van der Waals surface area (Å²) in [7, 11) is 1.28. The zero-order valence-electron chi connectivity index (χ0n) is 12.8. The number of nitrogens with zero attached hydrogens (tertiary/aromatic N) is 2.